The summed E-state index contributed by atoms with van der Waals surface area (Å²) in [5.41, 5.74) is 0.734. The first-order valence-electron chi connectivity index (χ1n) is 5.91. The van der Waals surface area contributed by atoms with Gasteiger partial charge < -0.3 is 4.98 Å². The molecule has 0 atom stereocenters. The number of fused-ring (bicyclic) bond motifs is 1. The van der Waals surface area contributed by atoms with Crippen LogP contribution in [0.4, 0.5) is 4.79 Å². The van der Waals surface area contributed by atoms with Crippen LogP contribution in [0.2, 0.25) is 0 Å². The molecule has 0 aliphatic carbocycles. The van der Waals surface area contributed by atoms with Crippen LogP contribution in [0.15, 0.2) is 40.2 Å². The number of urea groups is 1. The average molecular weight is 270 g/mol. The third kappa shape index (κ3) is 2.16. The maximum Gasteiger partial charge on any atom is 0.344 e. The first-order chi connectivity index (χ1) is 9.63. The zero-order valence-electron chi connectivity index (χ0n) is 10.3. The number of aromatic amines is 1. The van der Waals surface area contributed by atoms with Gasteiger partial charge in [0.2, 0.25) is 5.91 Å². The molecule has 3 rings (SSSR count). The molecular weight excluding hydrogens is 260 g/mol. The van der Waals surface area contributed by atoms with Gasteiger partial charge in [0.25, 0.3) is 5.56 Å². The molecule has 0 radical (unpaired) electrons. The third-order valence-electron chi connectivity index (χ3n) is 2.89. The smallest absolute Gasteiger partial charge is 0.321 e. The van der Waals surface area contributed by atoms with E-state index in [1.54, 1.807) is 12.1 Å². The largest absolute Gasteiger partial charge is 0.344 e. The molecule has 100 valence electrons. The highest BCUT2D eigenvalue weighted by molar-refractivity contribution is 6.02. The first-order valence-corrected chi connectivity index (χ1v) is 5.91. The van der Waals surface area contributed by atoms with Gasteiger partial charge in [0.1, 0.15) is 6.54 Å². The van der Waals surface area contributed by atoms with Crippen molar-refractivity contribution < 1.29 is 9.59 Å². The third-order valence-corrected chi connectivity index (χ3v) is 2.89. The first kappa shape index (κ1) is 12.1. The summed E-state index contributed by atoms with van der Waals surface area (Å²) in [6, 6.07) is 8.41. The van der Waals surface area contributed by atoms with Gasteiger partial charge in [0, 0.05) is 5.52 Å². The number of imide groups is 1. The van der Waals surface area contributed by atoms with Crippen LogP contribution in [0.5, 0.6) is 0 Å². The Labute approximate surface area is 112 Å². The predicted octanol–water partition coefficient (Wildman–Crippen LogP) is 0.414. The Morgan fingerprint density at radius 1 is 1.20 bits per heavy atom. The van der Waals surface area contributed by atoms with E-state index in [0.717, 1.165) is 15.9 Å². The Hall–Kier alpha value is -2.96. The topological polar surface area (TPSA) is 94.6 Å². The summed E-state index contributed by atoms with van der Waals surface area (Å²) in [6.45, 7) is -0.138. The van der Waals surface area contributed by atoms with Crippen LogP contribution in [0.3, 0.4) is 0 Å². The lowest BCUT2D eigenvalue weighted by atomic mass is 10.2. The molecule has 2 N–H and O–H groups in total. The molecule has 1 aromatic heterocycles. The summed E-state index contributed by atoms with van der Waals surface area (Å²) >= 11 is 0. The Kier molecular flexibility index (Phi) is 2.79. The molecular formula is C13H10N4O3. The second-order valence-corrected chi connectivity index (χ2v) is 4.30. The number of nitrogens with zero attached hydrogens (tertiary/aromatic N) is 2. The Bertz CT molecular complexity index is 794. The lowest BCUT2D eigenvalue weighted by Crippen LogP contribution is -2.24. The van der Waals surface area contributed by atoms with E-state index in [1.807, 2.05) is 18.2 Å². The van der Waals surface area contributed by atoms with Crippen molar-refractivity contribution in [3.8, 4) is 0 Å². The van der Waals surface area contributed by atoms with Crippen LogP contribution in [-0.2, 0) is 4.79 Å². The number of amides is 3. The van der Waals surface area contributed by atoms with Crippen molar-refractivity contribution in [1.82, 2.24) is 15.3 Å². The monoisotopic (exact) mass is 270 g/mol. The summed E-state index contributed by atoms with van der Waals surface area (Å²) in [5.74, 6) is -0.417. The van der Waals surface area contributed by atoms with Crippen LogP contribution >= 0.6 is 0 Å². The number of benzene rings is 1. The minimum atomic E-state index is -0.594. The second-order valence-electron chi connectivity index (χ2n) is 4.30. The van der Waals surface area contributed by atoms with Crippen molar-refractivity contribution in [2.75, 3.05) is 6.54 Å². The molecule has 20 heavy (non-hydrogen) atoms. The van der Waals surface area contributed by atoms with Crippen molar-refractivity contribution >= 4 is 29.1 Å². The molecule has 0 bridgehead atoms. The number of para-hydroxylation sites is 1. The molecule has 1 aromatic carbocycles. The molecule has 3 amide bonds. The minimum absolute atomic E-state index is 0.138. The summed E-state index contributed by atoms with van der Waals surface area (Å²) in [6.07, 6.45) is 1.27. The average Bonchev–Trinajstić information content (AvgIpc) is 2.74. The SMILES string of the molecule is O=C1CN(/N=C/c2cc3ccccc3[nH]c2=O)C(=O)N1. The van der Waals surface area contributed by atoms with E-state index in [1.165, 1.54) is 6.21 Å². The summed E-state index contributed by atoms with van der Waals surface area (Å²) in [7, 11) is 0. The van der Waals surface area contributed by atoms with Crippen molar-refractivity contribution in [3.05, 3.63) is 46.2 Å². The summed E-state index contributed by atoms with van der Waals surface area (Å²) in [4.78, 5) is 36.9. The molecule has 1 saturated heterocycles. The van der Waals surface area contributed by atoms with Crippen LogP contribution in [0.1, 0.15) is 5.56 Å². The highest BCUT2D eigenvalue weighted by Gasteiger charge is 2.25. The van der Waals surface area contributed by atoms with Crippen LogP contribution in [0.25, 0.3) is 10.9 Å². The van der Waals surface area contributed by atoms with Crippen molar-refractivity contribution in [1.29, 1.82) is 0 Å². The van der Waals surface area contributed by atoms with E-state index < -0.39 is 11.9 Å². The van der Waals surface area contributed by atoms with Gasteiger partial charge in [0.05, 0.1) is 11.8 Å². The quantitative estimate of drug-likeness (QED) is 0.611. The molecule has 7 heteroatoms. The fourth-order valence-corrected chi connectivity index (χ4v) is 1.92. The van der Waals surface area contributed by atoms with Gasteiger partial charge in [-0.3, -0.25) is 14.9 Å². The summed E-state index contributed by atoms with van der Waals surface area (Å²) < 4.78 is 0. The van der Waals surface area contributed by atoms with E-state index in [4.69, 9.17) is 0 Å². The molecule has 0 unspecified atom stereocenters. The standard InChI is InChI=1S/C13H10N4O3/c18-11-7-17(13(20)16-11)14-6-9-5-8-3-1-2-4-10(8)15-12(9)19/h1-6H,7H2,(H,15,19)(H,16,18,20)/b14-6+. The number of nitrogens with one attached hydrogen (secondary N) is 2. The number of carbonyl (C=O) groups excluding carboxylic acids is 2. The molecule has 0 saturated carbocycles. The number of hydrogen-bond acceptors (Lipinski definition) is 4. The maximum absolute atomic E-state index is 11.9. The van der Waals surface area contributed by atoms with Gasteiger partial charge in [-0.15, -0.1) is 0 Å². The summed E-state index contributed by atoms with van der Waals surface area (Å²) in [5, 5.41) is 7.77. The highest BCUT2D eigenvalue weighted by atomic mass is 16.2. The Balaban J connectivity index is 1.94. The van der Waals surface area contributed by atoms with E-state index in [-0.39, 0.29) is 12.1 Å². The van der Waals surface area contributed by atoms with E-state index >= 15 is 0 Å². The number of carbonyl (C=O) groups is 2. The highest BCUT2D eigenvalue weighted by Crippen LogP contribution is 2.09. The van der Waals surface area contributed by atoms with Gasteiger partial charge >= 0.3 is 6.03 Å². The molecule has 1 fully saturated rings. The van der Waals surface area contributed by atoms with Crippen molar-refractivity contribution in [3.63, 3.8) is 0 Å². The lowest BCUT2D eigenvalue weighted by molar-refractivity contribution is -0.118. The fraction of sp³-hybridized carbons (Fsp3) is 0.0769. The molecule has 2 aromatic rings. The number of pyridine rings is 1. The zero-order valence-corrected chi connectivity index (χ0v) is 10.3. The lowest BCUT2D eigenvalue weighted by Gasteiger charge is -2.04. The normalized spacial score (nSPS) is 15.3. The molecule has 2 heterocycles. The van der Waals surface area contributed by atoms with Gasteiger partial charge in [0.15, 0.2) is 0 Å². The van der Waals surface area contributed by atoms with E-state index in [2.05, 4.69) is 15.4 Å². The molecule has 7 nitrogen and oxygen atoms in total. The van der Waals surface area contributed by atoms with Crippen LogP contribution < -0.4 is 10.9 Å². The van der Waals surface area contributed by atoms with Crippen LogP contribution in [0, 0.1) is 0 Å². The van der Waals surface area contributed by atoms with Gasteiger partial charge in [-0.2, -0.15) is 5.10 Å². The molecule has 1 aliphatic heterocycles. The second kappa shape index (κ2) is 4.61. The number of hydrazone groups is 1. The van der Waals surface area contributed by atoms with E-state index in [0.29, 0.717) is 5.56 Å². The molecule has 1 aliphatic rings. The Morgan fingerprint density at radius 3 is 2.75 bits per heavy atom. The number of rotatable bonds is 2. The minimum Gasteiger partial charge on any atom is -0.321 e. The van der Waals surface area contributed by atoms with Gasteiger partial charge in [-0.05, 0) is 17.5 Å². The Morgan fingerprint density at radius 2 is 2.00 bits per heavy atom. The van der Waals surface area contributed by atoms with Crippen molar-refractivity contribution in [2.24, 2.45) is 5.10 Å². The van der Waals surface area contributed by atoms with Gasteiger partial charge in [-0.1, -0.05) is 18.2 Å². The number of hydrogen-bond donors (Lipinski definition) is 2. The molecule has 0 spiro atoms. The maximum atomic E-state index is 11.9. The fourth-order valence-electron chi connectivity index (χ4n) is 1.92. The van der Waals surface area contributed by atoms with Crippen LogP contribution in [-0.4, -0.2) is 34.7 Å². The van der Waals surface area contributed by atoms with Gasteiger partial charge in [-0.25, -0.2) is 9.80 Å². The number of H-pyrrole nitrogens is 1. The number of aromatic nitrogens is 1. The predicted molar refractivity (Wildman–Crippen MR) is 72.4 cm³/mol. The zero-order chi connectivity index (χ0) is 14.1. The van der Waals surface area contributed by atoms with Crippen molar-refractivity contribution in [2.45, 2.75) is 0 Å². The van der Waals surface area contributed by atoms with E-state index in [9.17, 15) is 14.4 Å².